The average molecular weight is 288 g/mol. The Morgan fingerprint density at radius 1 is 1.20 bits per heavy atom. The van der Waals surface area contributed by atoms with Gasteiger partial charge in [0.05, 0.1) is 13.5 Å². The largest absolute Gasteiger partial charge is 0.469 e. The van der Waals surface area contributed by atoms with Gasteiger partial charge in [-0.1, -0.05) is 39.0 Å². The summed E-state index contributed by atoms with van der Waals surface area (Å²) in [6, 6.07) is 12.4. The van der Waals surface area contributed by atoms with E-state index in [0.29, 0.717) is 6.42 Å². The highest BCUT2D eigenvalue weighted by Gasteiger charge is 2.16. The van der Waals surface area contributed by atoms with E-state index in [0.717, 1.165) is 11.1 Å². The van der Waals surface area contributed by atoms with Gasteiger partial charge in [0.1, 0.15) is 0 Å². The Morgan fingerprint density at radius 3 is 2.55 bits per heavy atom. The molecule has 3 heteroatoms. The van der Waals surface area contributed by atoms with E-state index in [4.69, 9.17) is 4.74 Å². The third-order valence-corrected chi connectivity index (χ3v) is 4.69. The minimum absolute atomic E-state index is 0.173. The van der Waals surface area contributed by atoms with Crippen molar-refractivity contribution in [3.8, 4) is 10.4 Å². The smallest absolute Gasteiger partial charge is 0.309 e. The van der Waals surface area contributed by atoms with Crippen molar-refractivity contribution in [1.29, 1.82) is 0 Å². The molecule has 0 fully saturated rings. The molecule has 106 valence electrons. The molecule has 0 saturated heterocycles. The van der Waals surface area contributed by atoms with Crippen LogP contribution in [0.15, 0.2) is 36.4 Å². The molecule has 0 aliphatic rings. The molecule has 0 atom stereocenters. The van der Waals surface area contributed by atoms with Gasteiger partial charge in [-0.2, -0.15) is 0 Å². The van der Waals surface area contributed by atoms with Crippen LogP contribution in [0.25, 0.3) is 10.4 Å². The fraction of sp³-hybridized carbons (Fsp3) is 0.353. The first-order valence-electron chi connectivity index (χ1n) is 6.66. The number of hydrogen-bond donors (Lipinski definition) is 0. The molecule has 1 aromatic carbocycles. The zero-order valence-electron chi connectivity index (χ0n) is 12.4. The SMILES string of the molecule is COC(=O)Cc1cccc(-c2ccc(C(C)(C)C)s2)c1. The maximum absolute atomic E-state index is 11.3. The van der Waals surface area contributed by atoms with Crippen molar-refractivity contribution in [2.45, 2.75) is 32.6 Å². The first-order chi connectivity index (χ1) is 9.40. The van der Waals surface area contributed by atoms with Gasteiger partial charge in [-0.15, -0.1) is 11.3 Å². The first kappa shape index (κ1) is 14.8. The van der Waals surface area contributed by atoms with Crippen molar-refractivity contribution >= 4 is 17.3 Å². The van der Waals surface area contributed by atoms with Crippen LogP contribution in [-0.4, -0.2) is 13.1 Å². The maximum Gasteiger partial charge on any atom is 0.309 e. The van der Waals surface area contributed by atoms with Crippen LogP contribution in [0.3, 0.4) is 0 Å². The Bertz CT molecular complexity index is 605. The van der Waals surface area contributed by atoms with Crippen molar-refractivity contribution in [1.82, 2.24) is 0 Å². The van der Waals surface area contributed by atoms with Crippen LogP contribution in [0, 0.1) is 0 Å². The number of carbonyl (C=O) groups excluding carboxylic acids is 1. The van der Waals surface area contributed by atoms with Gasteiger partial charge in [0.2, 0.25) is 0 Å². The van der Waals surface area contributed by atoms with Crippen molar-refractivity contribution in [2.75, 3.05) is 7.11 Å². The number of hydrogen-bond acceptors (Lipinski definition) is 3. The first-order valence-corrected chi connectivity index (χ1v) is 7.48. The van der Waals surface area contributed by atoms with Gasteiger partial charge in [0.15, 0.2) is 0 Å². The number of esters is 1. The van der Waals surface area contributed by atoms with E-state index < -0.39 is 0 Å². The van der Waals surface area contributed by atoms with E-state index in [2.05, 4.69) is 45.0 Å². The molecule has 0 aliphatic carbocycles. The lowest BCUT2D eigenvalue weighted by molar-refractivity contribution is -0.139. The molecule has 0 saturated carbocycles. The van der Waals surface area contributed by atoms with Gasteiger partial charge in [0.25, 0.3) is 0 Å². The number of thiophene rings is 1. The second kappa shape index (κ2) is 5.80. The normalized spacial score (nSPS) is 11.4. The van der Waals surface area contributed by atoms with Crippen molar-refractivity contribution in [2.24, 2.45) is 0 Å². The third-order valence-electron chi connectivity index (χ3n) is 3.13. The molecular formula is C17H20O2S. The fourth-order valence-electron chi connectivity index (χ4n) is 1.97. The van der Waals surface area contributed by atoms with Gasteiger partial charge in [-0.25, -0.2) is 0 Å². The monoisotopic (exact) mass is 288 g/mol. The number of benzene rings is 1. The highest BCUT2D eigenvalue weighted by molar-refractivity contribution is 7.15. The molecule has 0 bridgehead atoms. The highest BCUT2D eigenvalue weighted by atomic mass is 32.1. The van der Waals surface area contributed by atoms with Crippen molar-refractivity contribution in [3.63, 3.8) is 0 Å². The van der Waals surface area contributed by atoms with E-state index in [1.807, 2.05) is 23.5 Å². The van der Waals surface area contributed by atoms with Gasteiger partial charge in [-0.05, 0) is 34.7 Å². The highest BCUT2D eigenvalue weighted by Crippen LogP contribution is 2.35. The summed E-state index contributed by atoms with van der Waals surface area (Å²) in [6.07, 6.45) is 0.321. The summed E-state index contributed by atoms with van der Waals surface area (Å²) in [5.74, 6) is -0.205. The molecule has 2 nitrogen and oxygen atoms in total. The third kappa shape index (κ3) is 3.48. The molecule has 0 N–H and O–H groups in total. The Labute approximate surface area is 124 Å². The fourth-order valence-corrected chi connectivity index (χ4v) is 3.03. The quantitative estimate of drug-likeness (QED) is 0.781. The predicted molar refractivity (Wildman–Crippen MR) is 84.2 cm³/mol. The average Bonchev–Trinajstić information content (AvgIpc) is 2.88. The molecule has 0 spiro atoms. The van der Waals surface area contributed by atoms with Crippen molar-refractivity contribution in [3.05, 3.63) is 46.8 Å². The second-order valence-corrected chi connectivity index (χ2v) is 6.95. The van der Waals surface area contributed by atoms with Gasteiger partial charge in [-0.3, -0.25) is 4.79 Å². The summed E-state index contributed by atoms with van der Waals surface area (Å²) in [5, 5.41) is 0. The zero-order valence-corrected chi connectivity index (χ0v) is 13.2. The summed E-state index contributed by atoms with van der Waals surface area (Å²) in [5.41, 5.74) is 2.32. The summed E-state index contributed by atoms with van der Waals surface area (Å²) in [7, 11) is 1.42. The van der Waals surface area contributed by atoms with E-state index >= 15 is 0 Å². The van der Waals surface area contributed by atoms with Crippen LogP contribution in [0.1, 0.15) is 31.2 Å². The molecule has 0 radical (unpaired) electrons. The molecule has 1 heterocycles. The molecular weight excluding hydrogens is 268 g/mol. The molecule has 0 unspecified atom stereocenters. The Kier molecular flexibility index (Phi) is 4.29. The summed E-state index contributed by atoms with van der Waals surface area (Å²) in [6.45, 7) is 6.66. The molecule has 20 heavy (non-hydrogen) atoms. The second-order valence-electron chi connectivity index (χ2n) is 5.87. The van der Waals surface area contributed by atoms with Crippen LogP contribution in [0.2, 0.25) is 0 Å². The Hall–Kier alpha value is -1.61. The minimum atomic E-state index is -0.205. The van der Waals surface area contributed by atoms with Crippen LogP contribution in [0.4, 0.5) is 0 Å². The van der Waals surface area contributed by atoms with Crippen LogP contribution in [-0.2, 0) is 21.4 Å². The topological polar surface area (TPSA) is 26.3 Å². The lowest BCUT2D eigenvalue weighted by Gasteiger charge is -2.15. The minimum Gasteiger partial charge on any atom is -0.469 e. The lowest BCUT2D eigenvalue weighted by Crippen LogP contribution is -2.07. The molecule has 0 amide bonds. The number of carbonyl (C=O) groups is 1. The van der Waals surface area contributed by atoms with Gasteiger partial charge >= 0.3 is 5.97 Å². The Balaban J connectivity index is 2.27. The maximum atomic E-state index is 11.3. The van der Waals surface area contributed by atoms with Gasteiger partial charge in [0, 0.05) is 9.75 Å². The zero-order chi connectivity index (χ0) is 14.8. The number of rotatable bonds is 3. The van der Waals surface area contributed by atoms with E-state index in [1.165, 1.54) is 16.9 Å². The standard InChI is InChI=1S/C17H20O2S/c1-17(2,3)15-9-8-14(20-15)13-7-5-6-12(10-13)11-16(18)19-4/h5-10H,11H2,1-4H3. The molecule has 2 aromatic rings. The van der Waals surface area contributed by atoms with Crippen molar-refractivity contribution < 1.29 is 9.53 Å². The molecule has 1 aromatic heterocycles. The summed E-state index contributed by atoms with van der Waals surface area (Å²) < 4.78 is 4.71. The summed E-state index contributed by atoms with van der Waals surface area (Å²) >= 11 is 1.81. The number of methoxy groups -OCH3 is 1. The van der Waals surface area contributed by atoms with E-state index in [-0.39, 0.29) is 11.4 Å². The Morgan fingerprint density at radius 2 is 1.95 bits per heavy atom. The lowest BCUT2D eigenvalue weighted by atomic mass is 9.95. The molecule has 0 aliphatic heterocycles. The predicted octanol–water partition coefficient (Wildman–Crippen LogP) is 4.43. The number of ether oxygens (including phenoxy) is 1. The van der Waals surface area contributed by atoms with Crippen LogP contribution < -0.4 is 0 Å². The summed E-state index contributed by atoms with van der Waals surface area (Å²) in [4.78, 5) is 13.9. The molecule has 2 rings (SSSR count). The van der Waals surface area contributed by atoms with Gasteiger partial charge < -0.3 is 4.74 Å². The van der Waals surface area contributed by atoms with E-state index in [9.17, 15) is 4.79 Å². The van der Waals surface area contributed by atoms with E-state index in [1.54, 1.807) is 0 Å². The van der Waals surface area contributed by atoms with Crippen LogP contribution in [0.5, 0.6) is 0 Å². The van der Waals surface area contributed by atoms with Crippen LogP contribution >= 0.6 is 11.3 Å².